The summed E-state index contributed by atoms with van der Waals surface area (Å²) in [6, 6.07) is 6.72. The molecule has 1 saturated carbocycles. The van der Waals surface area contributed by atoms with E-state index in [4.69, 9.17) is 11.2 Å². The van der Waals surface area contributed by atoms with Gasteiger partial charge in [-0.05, 0) is 37.0 Å². The lowest BCUT2D eigenvalue weighted by Gasteiger charge is -2.11. The van der Waals surface area contributed by atoms with Gasteiger partial charge in [0, 0.05) is 22.6 Å². The topological polar surface area (TPSA) is 21.3 Å². The standard InChI is InChI=1S/C16H20BrNO/c1-3-5-12-10-15(12)18-11-13-9-14(17)6-7-16(13)19-8-4-2/h2,6-7,9,12,15,18H,3,5,8,10-11H2,1H3. The van der Waals surface area contributed by atoms with Crippen LogP contribution in [-0.4, -0.2) is 12.6 Å². The Bertz CT molecular complexity index is 466. The van der Waals surface area contributed by atoms with Gasteiger partial charge in [-0.15, -0.1) is 6.42 Å². The van der Waals surface area contributed by atoms with Crippen molar-refractivity contribution >= 4 is 15.9 Å². The molecule has 3 heteroatoms. The highest BCUT2D eigenvalue weighted by atomic mass is 79.9. The molecule has 2 nitrogen and oxygen atoms in total. The van der Waals surface area contributed by atoms with Gasteiger partial charge in [0.05, 0.1) is 0 Å². The minimum Gasteiger partial charge on any atom is -0.481 e. The van der Waals surface area contributed by atoms with E-state index in [2.05, 4.69) is 40.2 Å². The van der Waals surface area contributed by atoms with Crippen LogP contribution in [0.3, 0.4) is 0 Å². The Morgan fingerprint density at radius 3 is 3.11 bits per heavy atom. The second-order valence-electron chi connectivity index (χ2n) is 5.02. The minimum atomic E-state index is 0.316. The molecule has 102 valence electrons. The van der Waals surface area contributed by atoms with Crippen LogP contribution in [0.5, 0.6) is 5.75 Å². The van der Waals surface area contributed by atoms with Gasteiger partial charge in [0.1, 0.15) is 12.4 Å². The van der Waals surface area contributed by atoms with Gasteiger partial charge >= 0.3 is 0 Å². The molecule has 1 aliphatic rings. The van der Waals surface area contributed by atoms with Crippen LogP contribution in [0.4, 0.5) is 0 Å². The van der Waals surface area contributed by atoms with Crippen LogP contribution in [-0.2, 0) is 6.54 Å². The molecule has 0 radical (unpaired) electrons. The average Bonchev–Trinajstić information content (AvgIpc) is 3.14. The van der Waals surface area contributed by atoms with Crippen LogP contribution < -0.4 is 10.1 Å². The van der Waals surface area contributed by atoms with Crippen molar-refractivity contribution in [3.05, 3.63) is 28.2 Å². The van der Waals surface area contributed by atoms with Gasteiger partial charge in [-0.1, -0.05) is 35.2 Å². The lowest BCUT2D eigenvalue weighted by Crippen LogP contribution is -2.18. The third kappa shape index (κ3) is 4.26. The Hall–Kier alpha value is -0.980. The highest BCUT2D eigenvalue weighted by Crippen LogP contribution is 2.35. The number of rotatable bonds is 7. The van der Waals surface area contributed by atoms with Crippen LogP contribution in [0.25, 0.3) is 0 Å². The van der Waals surface area contributed by atoms with Gasteiger partial charge in [-0.3, -0.25) is 0 Å². The van der Waals surface area contributed by atoms with Crippen molar-refractivity contribution in [1.29, 1.82) is 0 Å². The van der Waals surface area contributed by atoms with E-state index in [1.54, 1.807) is 0 Å². The Morgan fingerprint density at radius 2 is 2.37 bits per heavy atom. The minimum absolute atomic E-state index is 0.316. The number of hydrogen-bond donors (Lipinski definition) is 1. The predicted octanol–water partition coefficient (Wildman–Crippen LogP) is 3.74. The molecule has 1 N–H and O–H groups in total. The van der Waals surface area contributed by atoms with Crippen LogP contribution in [0, 0.1) is 18.3 Å². The summed E-state index contributed by atoms with van der Waals surface area (Å²) < 4.78 is 6.64. The smallest absolute Gasteiger partial charge is 0.148 e. The lowest BCUT2D eigenvalue weighted by molar-refractivity contribution is 0.364. The second kappa shape index (κ2) is 6.98. The lowest BCUT2D eigenvalue weighted by atomic mass is 10.2. The number of hydrogen-bond acceptors (Lipinski definition) is 2. The summed E-state index contributed by atoms with van der Waals surface area (Å²) in [4.78, 5) is 0. The molecule has 2 unspecified atom stereocenters. The maximum atomic E-state index is 5.57. The summed E-state index contributed by atoms with van der Waals surface area (Å²) in [5, 5.41) is 3.60. The molecular weight excluding hydrogens is 302 g/mol. The van der Waals surface area contributed by atoms with Crippen LogP contribution >= 0.6 is 15.9 Å². The number of halogens is 1. The van der Waals surface area contributed by atoms with Crippen molar-refractivity contribution in [2.75, 3.05) is 6.61 Å². The molecule has 1 fully saturated rings. The molecule has 2 atom stereocenters. The first kappa shape index (κ1) is 14.4. The third-order valence-corrected chi connectivity index (χ3v) is 3.96. The summed E-state index contributed by atoms with van der Waals surface area (Å²) in [5.74, 6) is 4.25. The fourth-order valence-electron chi connectivity index (χ4n) is 2.37. The highest BCUT2D eigenvalue weighted by Gasteiger charge is 2.35. The molecular formula is C16H20BrNO. The summed E-state index contributed by atoms with van der Waals surface area (Å²) in [6.07, 6.45) is 9.15. The number of ether oxygens (including phenoxy) is 1. The van der Waals surface area contributed by atoms with E-state index in [0.717, 1.165) is 28.2 Å². The van der Waals surface area contributed by atoms with E-state index >= 15 is 0 Å². The van der Waals surface area contributed by atoms with Crippen molar-refractivity contribution in [3.8, 4) is 18.1 Å². The van der Waals surface area contributed by atoms with E-state index < -0.39 is 0 Å². The Morgan fingerprint density at radius 1 is 1.53 bits per heavy atom. The molecule has 19 heavy (non-hydrogen) atoms. The molecule has 0 aliphatic heterocycles. The number of benzene rings is 1. The van der Waals surface area contributed by atoms with E-state index in [0.29, 0.717) is 12.6 Å². The van der Waals surface area contributed by atoms with Crippen molar-refractivity contribution in [3.63, 3.8) is 0 Å². The van der Waals surface area contributed by atoms with Crippen molar-refractivity contribution in [2.45, 2.75) is 38.8 Å². The van der Waals surface area contributed by atoms with Gasteiger partial charge in [-0.25, -0.2) is 0 Å². The largest absolute Gasteiger partial charge is 0.481 e. The number of terminal acetylenes is 1. The van der Waals surface area contributed by atoms with Crippen LogP contribution in [0.2, 0.25) is 0 Å². The molecule has 0 heterocycles. The van der Waals surface area contributed by atoms with E-state index in [1.165, 1.54) is 19.3 Å². The molecule has 0 saturated heterocycles. The molecule has 0 bridgehead atoms. The van der Waals surface area contributed by atoms with Gasteiger partial charge in [-0.2, -0.15) is 0 Å². The zero-order chi connectivity index (χ0) is 13.7. The molecule has 0 aromatic heterocycles. The first-order valence-electron chi connectivity index (χ1n) is 6.82. The van der Waals surface area contributed by atoms with Crippen LogP contribution in [0.1, 0.15) is 31.7 Å². The maximum absolute atomic E-state index is 5.57. The Labute approximate surface area is 124 Å². The second-order valence-corrected chi connectivity index (χ2v) is 5.93. The SMILES string of the molecule is C#CCOc1ccc(Br)cc1CNC1CC1CCC. The van der Waals surface area contributed by atoms with Crippen molar-refractivity contribution < 1.29 is 4.74 Å². The Balaban J connectivity index is 1.91. The molecule has 1 aromatic carbocycles. The third-order valence-electron chi connectivity index (χ3n) is 3.47. The van der Waals surface area contributed by atoms with E-state index in [9.17, 15) is 0 Å². The molecule has 0 amide bonds. The maximum Gasteiger partial charge on any atom is 0.148 e. The first-order chi connectivity index (χ1) is 9.24. The molecule has 1 aliphatic carbocycles. The summed E-state index contributed by atoms with van der Waals surface area (Å²) in [5.41, 5.74) is 1.16. The van der Waals surface area contributed by atoms with Crippen molar-refractivity contribution in [1.82, 2.24) is 5.32 Å². The normalized spacial score (nSPS) is 20.9. The number of nitrogens with one attached hydrogen (secondary N) is 1. The summed E-state index contributed by atoms with van der Waals surface area (Å²) >= 11 is 3.50. The van der Waals surface area contributed by atoms with Crippen LogP contribution in [0.15, 0.2) is 22.7 Å². The zero-order valence-electron chi connectivity index (χ0n) is 11.3. The molecule has 2 rings (SSSR count). The van der Waals surface area contributed by atoms with Gasteiger partial charge in [0.2, 0.25) is 0 Å². The predicted molar refractivity (Wildman–Crippen MR) is 82.1 cm³/mol. The van der Waals surface area contributed by atoms with Gasteiger partial charge in [0.25, 0.3) is 0 Å². The summed E-state index contributed by atoms with van der Waals surface area (Å²) in [6.45, 7) is 3.40. The zero-order valence-corrected chi connectivity index (χ0v) is 12.9. The fourth-order valence-corrected chi connectivity index (χ4v) is 2.78. The Kier molecular flexibility index (Phi) is 5.30. The summed E-state index contributed by atoms with van der Waals surface area (Å²) in [7, 11) is 0. The van der Waals surface area contributed by atoms with E-state index in [1.807, 2.05) is 12.1 Å². The highest BCUT2D eigenvalue weighted by molar-refractivity contribution is 9.10. The monoisotopic (exact) mass is 321 g/mol. The molecule has 0 spiro atoms. The quantitative estimate of drug-likeness (QED) is 0.772. The van der Waals surface area contributed by atoms with Gasteiger partial charge in [0.15, 0.2) is 0 Å². The van der Waals surface area contributed by atoms with E-state index in [-0.39, 0.29) is 0 Å². The fraction of sp³-hybridized carbons (Fsp3) is 0.500. The van der Waals surface area contributed by atoms with Crippen molar-refractivity contribution in [2.24, 2.45) is 5.92 Å². The first-order valence-corrected chi connectivity index (χ1v) is 7.62. The average molecular weight is 322 g/mol. The van der Waals surface area contributed by atoms with Gasteiger partial charge < -0.3 is 10.1 Å². The molecule has 1 aromatic rings.